The molecular formula is C21H29N2O4S2+. The quantitative estimate of drug-likeness (QED) is 0.571. The molecule has 4 rings (SSSR count). The van der Waals surface area contributed by atoms with E-state index in [-0.39, 0.29) is 0 Å². The second-order valence-corrected chi connectivity index (χ2v) is 10.0. The largest absolute Gasteiger partial charge is 0.397 e. The molecule has 2 heterocycles. The van der Waals surface area contributed by atoms with E-state index < -0.39 is 10.4 Å². The molecule has 0 spiro atoms. The fourth-order valence-corrected chi connectivity index (χ4v) is 5.07. The molecule has 1 saturated heterocycles. The first-order valence-electron chi connectivity index (χ1n) is 9.74. The molecule has 0 amide bonds. The molecular weight excluding hydrogens is 408 g/mol. The predicted octanol–water partition coefficient (Wildman–Crippen LogP) is 4.21. The molecule has 2 unspecified atom stereocenters. The van der Waals surface area contributed by atoms with Crippen molar-refractivity contribution in [2.75, 3.05) is 45.2 Å². The van der Waals surface area contributed by atoms with E-state index in [2.05, 4.69) is 71.6 Å². The van der Waals surface area contributed by atoms with Crippen LogP contribution in [0.2, 0.25) is 0 Å². The van der Waals surface area contributed by atoms with Crippen molar-refractivity contribution in [1.82, 2.24) is 0 Å². The van der Waals surface area contributed by atoms with Gasteiger partial charge in [-0.25, -0.2) is 0 Å². The molecule has 0 aromatic heterocycles. The number of likely N-dealkylation sites (tertiary alicyclic amines) is 1. The minimum Gasteiger partial charge on any atom is -0.339 e. The molecule has 1 N–H and O–H groups in total. The van der Waals surface area contributed by atoms with E-state index in [1.807, 2.05) is 11.8 Å². The van der Waals surface area contributed by atoms with E-state index in [9.17, 15) is 8.42 Å². The maximum absolute atomic E-state index is 9.33. The smallest absolute Gasteiger partial charge is 0.339 e. The maximum Gasteiger partial charge on any atom is 0.397 e. The first-order chi connectivity index (χ1) is 13.7. The van der Waals surface area contributed by atoms with Crippen LogP contribution in [0.4, 0.5) is 11.4 Å². The van der Waals surface area contributed by atoms with Crippen molar-refractivity contribution < 1.29 is 21.6 Å². The molecule has 158 valence electrons. The molecule has 0 aliphatic carbocycles. The van der Waals surface area contributed by atoms with Gasteiger partial charge in [-0.15, -0.1) is 0 Å². The lowest BCUT2D eigenvalue weighted by Crippen LogP contribution is -2.42. The first kappa shape index (κ1) is 22.1. The number of hydrogen-bond acceptors (Lipinski definition) is 5. The fourth-order valence-electron chi connectivity index (χ4n) is 3.97. The number of para-hydroxylation sites is 2. The summed E-state index contributed by atoms with van der Waals surface area (Å²) in [5.41, 5.74) is 2.77. The van der Waals surface area contributed by atoms with Crippen molar-refractivity contribution in [3.63, 3.8) is 0 Å². The van der Waals surface area contributed by atoms with Crippen molar-refractivity contribution in [3.05, 3.63) is 48.5 Å². The molecule has 2 atom stereocenters. The SMILES string of the molecule is CC[N+]1(C)CCC(CN2c3ccccc3Sc3ccccc32)C1.COS(=O)(=O)O. The lowest BCUT2D eigenvalue weighted by atomic mass is 10.1. The highest BCUT2D eigenvalue weighted by atomic mass is 32.3. The number of anilines is 2. The van der Waals surface area contributed by atoms with Crippen LogP contribution in [0.1, 0.15) is 13.3 Å². The van der Waals surface area contributed by atoms with Gasteiger partial charge in [-0.05, 0) is 31.2 Å². The van der Waals surface area contributed by atoms with Gasteiger partial charge in [-0.1, -0.05) is 36.0 Å². The van der Waals surface area contributed by atoms with Gasteiger partial charge in [0.2, 0.25) is 0 Å². The standard InChI is InChI=1S/C20H25N2S.CH4O4S/c1-3-22(2)13-12-16(15-22)14-21-17-8-4-6-10-19(17)23-20-11-7-5-9-18(20)21;1-5-6(2,3)4/h4-11,16H,3,12-15H2,1-2H3;1H3,(H,2,3,4)/q+1;. The van der Waals surface area contributed by atoms with Crippen molar-refractivity contribution >= 4 is 33.5 Å². The van der Waals surface area contributed by atoms with Gasteiger partial charge >= 0.3 is 10.4 Å². The monoisotopic (exact) mass is 437 g/mol. The molecule has 2 aromatic carbocycles. The molecule has 2 aliphatic heterocycles. The lowest BCUT2D eigenvalue weighted by Gasteiger charge is -2.34. The summed E-state index contributed by atoms with van der Waals surface area (Å²) < 4.78 is 30.9. The minimum atomic E-state index is -4.16. The van der Waals surface area contributed by atoms with E-state index in [1.54, 1.807) is 0 Å². The van der Waals surface area contributed by atoms with Crippen LogP contribution in [0.3, 0.4) is 0 Å². The zero-order valence-electron chi connectivity index (χ0n) is 17.1. The third-order valence-electron chi connectivity index (χ3n) is 5.72. The van der Waals surface area contributed by atoms with Crippen molar-refractivity contribution in [2.24, 2.45) is 5.92 Å². The summed E-state index contributed by atoms with van der Waals surface area (Å²) in [6.07, 6.45) is 1.35. The Bertz CT molecular complexity index is 906. The highest BCUT2D eigenvalue weighted by Gasteiger charge is 2.35. The highest BCUT2D eigenvalue weighted by Crippen LogP contribution is 2.48. The number of benzene rings is 2. The summed E-state index contributed by atoms with van der Waals surface area (Å²) >= 11 is 1.90. The van der Waals surface area contributed by atoms with Crippen molar-refractivity contribution in [1.29, 1.82) is 0 Å². The number of fused-ring (bicyclic) bond motifs is 2. The van der Waals surface area contributed by atoms with Crippen LogP contribution < -0.4 is 4.90 Å². The normalized spacial score (nSPS) is 23.0. The van der Waals surface area contributed by atoms with E-state index in [0.29, 0.717) is 0 Å². The molecule has 0 saturated carbocycles. The predicted molar refractivity (Wildman–Crippen MR) is 117 cm³/mol. The Morgan fingerprint density at radius 3 is 2.10 bits per heavy atom. The zero-order valence-corrected chi connectivity index (χ0v) is 18.7. The Morgan fingerprint density at radius 1 is 1.14 bits per heavy atom. The Labute approximate surface area is 178 Å². The number of nitrogens with zero attached hydrogens (tertiary/aromatic N) is 2. The topological polar surface area (TPSA) is 66.8 Å². The van der Waals surface area contributed by atoms with Gasteiger partial charge in [-0.2, -0.15) is 8.42 Å². The van der Waals surface area contributed by atoms with Crippen LogP contribution in [0, 0.1) is 5.92 Å². The minimum absolute atomic E-state index is 0.782. The van der Waals surface area contributed by atoms with Crippen LogP contribution in [-0.4, -0.2) is 57.8 Å². The molecule has 8 heteroatoms. The molecule has 0 radical (unpaired) electrons. The van der Waals surface area contributed by atoms with E-state index in [1.165, 1.54) is 51.7 Å². The highest BCUT2D eigenvalue weighted by molar-refractivity contribution is 7.99. The summed E-state index contributed by atoms with van der Waals surface area (Å²) in [6.45, 7) is 7.35. The number of quaternary nitrogens is 1. The van der Waals surface area contributed by atoms with E-state index in [4.69, 9.17) is 4.55 Å². The third kappa shape index (κ3) is 5.52. The Hall–Kier alpha value is -1.58. The average Bonchev–Trinajstić information content (AvgIpc) is 3.09. The van der Waals surface area contributed by atoms with Crippen LogP contribution in [0.5, 0.6) is 0 Å². The lowest BCUT2D eigenvalue weighted by molar-refractivity contribution is -0.897. The van der Waals surface area contributed by atoms with Crippen LogP contribution in [0.15, 0.2) is 58.3 Å². The molecule has 1 fully saturated rings. The Kier molecular flexibility index (Phi) is 6.90. The summed E-state index contributed by atoms with van der Waals surface area (Å²) in [6, 6.07) is 17.7. The zero-order chi connectivity index (χ0) is 21.1. The van der Waals surface area contributed by atoms with Gasteiger partial charge in [0.15, 0.2) is 0 Å². The van der Waals surface area contributed by atoms with Gasteiger partial charge in [0.05, 0.1) is 45.2 Å². The number of hydrogen-bond donors (Lipinski definition) is 1. The average molecular weight is 438 g/mol. The van der Waals surface area contributed by atoms with Gasteiger partial charge in [0, 0.05) is 28.7 Å². The molecule has 6 nitrogen and oxygen atoms in total. The Balaban J connectivity index is 0.000000353. The van der Waals surface area contributed by atoms with Crippen LogP contribution in [0.25, 0.3) is 0 Å². The summed E-state index contributed by atoms with van der Waals surface area (Å²) in [5.74, 6) is 0.782. The van der Waals surface area contributed by atoms with Crippen LogP contribution in [-0.2, 0) is 14.6 Å². The maximum atomic E-state index is 9.33. The number of rotatable bonds is 4. The molecule has 2 aliphatic rings. The van der Waals surface area contributed by atoms with Gasteiger partial charge < -0.3 is 9.38 Å². The summed E-state index contributed by atoms with van der Waals surface area (Å²) in [4.78, 5) is 5.34. The summed E-state index contributed by atoms with van der Waals surface area (Å²) in [5, 5.41) is 0. The molecule has 29 heavy (non-hydrogen) atoms. The Morgan fingerprint density at radius 2 is 1.66 bits per heavy atom. The second-order valence-electron chi connectivity index (χ2n) is 7.74. The van der Waals surface area contributed by atoms with E-state index in [0.717, 1.165) is 19.6 Å². The molecule has 0 bridgehead atoms. The third-order valence-corrected chi connectivity index (χ3v) is 7.27. The van der Waals surface area contributed by atoms with Gasteiger partial charge in [0.1, 0.15) is 0 Å². The van der Waals surface area contributed by atoms with Crippen molar-refractivity contribution in [2.45, 2.75) is 23.1 Å². The fraction of sp³-hybridized carbons (Fsp3) is 0.429. The van der Waals surface area contributed by atoms with Crippen LogP contribution >= 0.6 is 11.8 Å². The van der Waals surface area contributed by atoms with Gasteiger partial charge in [-0.3, -0.25) is 8.74 Å². The van der Waals surface area contributed by atoms with E-state index >= 15 is 0 Å². The second kappa shape index (κ2) is 9.06. The van der Waals surface area contributed by atoms with Crippen molar-refractivity contribution in [3.8, 4) is 0 Å². The van der Waals surface area contributed by atoms with Gasteiger partial charge in [0.25, 0.3) is 0 Å². The first-order valence-corrected chi connectivity index (χ1v) is 11.9. The molecule has 2 aromatic rings. The summed E-state index contributed by atoms with van der Waals surface area (Å²) in [7, 11) is -0.881.